The van der Waals surface area contributed by atoms with Crippen molar-refractivity contribution in [2.24, 2.45) is 0 Å². The molecule has 19 heavy (non-hydrogen) atoms. The van der Waals surface area contributed by atoms with Crippen molar-refractivity contribution in [1.29, 1.82) is 0 Å². The van der Waals surface area contributed by atoms with Gasteiger partial charge in [-0.25, -0.2) is 14.3 Å². The normalized spacial score (nSPS) is 10.3. The van der Waals surface area contributed by atoms with Crippen molar-refractivity contribution < 1.29 is 24.0 Å². The first-order valence-corrected chi connectivity index (χ1v) is 5.53. The van der Waals surface area contributed by atoms with Gasteiger partial charge in [0.1, 0.15) is 12.4 Å². The number of esters is 2. The third-order valence-electron chi connectivity index (χ3n) is 2.08. The second kappa shape index (κ2) is 6.47. The van der Waals surface area contributed by atoms with Crippen LogP contribution in [0.4, 0.5) is 5.69 Å². The summed E-state index contributed by atoms with van der Waals surface area (Å²) >= 11 is 0. The van der Waals surface area contributed by atoms with Gasteiger partial charge in [-0.15, -0.1) is 0 Å². The molecule has 0 atom stereocenters. The Morgan fingerprint density at radius 3 is 2.26 bits per heavy atom. The first-order chi connectivity index (χ1) is 9.01. The Morgan fingerprint density at radius 2 is 1.89 bits per heavy atom. The SMILES string of the molecule is CCOC(=O)C(C(=O)OCC)n1cc([N+](=O)[O-])cn1. The number of rotatable bonds is 6. The van der Waals surface area contributed by atoms with Gasteiger partial charge in [-0.3, -0.25) is 10.1 Å². The number of hydrogen-bond acceptors (Lipinski definition) is 7. The van der Waals surface area contributed by atoms with E-state index in [-0.39, 0.29) is 18.9 Å². The van der Waals surface area contributed by atoms with Crippen LogP contribution in [-0.4, -0.2) is 39.9 Å². The molecule has 0 aliphatic rings. The van der Waals surface area contributed by atoms with Crippen LogP contribution in [-0.2, 0) is 19.1 Å². The Kier molecular flexibility index (Phi) is 4.98. The first-order valence-electron chi connectivity index (χ1n) is 5.53. The molecule has 0 radical (unpaired) electrons. The molecule has 0 N–H and O–H groups in total. The second-order valence-corrected chi connectivity index (χ2v) is 3.34. The van der Waals surface area contributed by atoms with E-state index in [9.17, 15) is 19.7 Å². The van der Waals surface area contributed by atoms with E-state index in [2.05, 4.69) is 5.10 Å². The Bertz CT molecular complexity index is 465. The summed E-state index contributed by atoms with van der Waals surface area (Å²) in [6.45, 7) is 3.29. The predicted molar refractivity (Wildman–Crippen MR) is 61.2 cm³/mol. The average molecular weight is 271 g/mol. The average Bonchev–Trinajstić information content (AvgIpc) is 2.79. The van der Waals surface area contributed by atoms with Gasteiger partial charge >= 0.3 is 17.6 Å². The monoisotopic (exact) mass is 271 g/mol. The van der Waals surface area contributed by atoms with Crippen molar-refractivity contribution in [1.82, 2.24) is 9.78 Å². The summed E-state index contributed by atoms with van der Waals surface area (Å²) < 4.78 is 10.3. The molecular formula is C10H13N3O6. The van der Waals surface area contributed by atoms with Gasteiger partial charge in [0, 0.05) is 0 Å². The van der Waals surface area contributed by atoms with E-state index < -0.39 is 22.9 Å². The lowest BCUT2D eigenvalue weighted by Crippen LogP contribution is -2.31. The molecular weight excluding hydrogens is 258 g/mol. The molecule has 104 valence electrons. The molecule has 0 aliphatic carbocycles. The maximum Gasteiger partial charge on any atom is 0.342 e. The fourth-order valence-electron chi connectivity index (χ4n) is 1.32. The van der Waals surface area contributed by atoms with Gasteiger partial charge in [0.05, 0.1) is 18.1 Å². The third-order valence-corrected chi connectivity index (χ3v) is 2.08. The van der Waals surface area contributed by atoms with E-state index in [4.69, 9.17) is 9.47 Å². The van der Waals surface area contributed by atoms with Gasteiger partial charge in [0.15, 0.2) is 0 Å². The maximum absolute atomic E-state index is 11.7. The highest BCUT2D eigenvalue weighted by atomic mass is 16.6. The Morgan fingerprint density at radius 1 is 1.37 bits per heavy atom. The molecule has 0 saturated heterocycles. The predicted octanol–water partition coefficient (Wildman–Crippen LogP) is 0.459. The van der Waals surface area contributed by atoms with E-state index >= 15 is 0 Å². The van der Waals surface area contributed by atoms with Crippen LogP contribution in [0.5, 0.6) is 0 Å². The zero-order valence-electron chi connectivity index (χ0n) is 10.4. The van der Waals surface area contributed by atoms with Crippen molar-refractivity contribution in [3.8, 4) is 0 Å². The van der Waals surface area contributed by atoms with Crippen molar-refractivity contribution in [2.75, 3.05) is 13.2 Å². The molecule has 0 spiro atoms. The van der Waals surface area contributed by atoms with Crippen molar-refractivity contribution in [3.63, 3.8) is 0 Å². The highest BCUT2D eigenvalue weighted by Crippen LogP contribution is 2.16. The van der Waals surface area contributed by atoms with Gasteiger partial charge in [-0.05, 0) is 13.8 Å². The van der Waals surface area contributed by atoms with Crippen LogP contribution in [0.15, 0.2) is 12.4 Å². The molecule has 1 heterocycles. The van der Waals surface area contributed by atoms with E-state index in [0.29, 0.717) is 0 Å². The number of aromatic nitrogens is 2. The first kappa shape index (κ1) is 14.6. The topological polar surface area (TPSA) is 114 Å². The standard InChI is InChI=1S/C10H13N3O6/c1-3-18-9(14)8(10(15)19-4-2)12-6-7(5-11-12)13(16)17/h5-6,8H,3-4H2,1-2H3. The van der Waals surface area contributed by atoms with Crippen molar-refractivity contribution in [2.45, 2.75) is 19.9 Å². The molecule has 0 fully saturated rings. The van der Waals surface area contributed by atoms with Crippen LogP contribution >= 0.6 is 0 Å². The minimum absolute atomic E-state index is 0.0676. The molecule has 0 bridgehead atoms. The van der Waals surface area contributed by atoms with Crippen LogP contribution < -0.4 is 0 Å². The van der Waals surface area contributed by atoms with Crippen LogP contribution in [0.25, 0.3) is 0 Å². The molecule has 9 nitrogen and oxygen atoms in total. The Labute approximate surface area is 108 Å². The lowest BCUT2D eigenvalue weighted by atomic mass is 10.3. The quantitative estimate of drug-likeness (QED) is 0.319. The molecule has 1 rings (SSSR count). The fourth-order valence-corrected chi connectivity index (χ4v) is 1.32. The molecule has 1 aromatic rings. The van der Waals surface area contributed by atoms with E-state index in [0.717, 1.165) is 17.1 Å². The largest absolute Gasteiger partial charge is 0.464 e. The van der Waals surface area contributed by atoms with E-state index in [1.54, 1.807) is 13.8 Å². The summed E-state index contributed by atoms with van der Waals surface area (Å²) in [5.41, 5.74) is -0.335. The van der Waals surface area contributed by atoms with Gasteiger partial charge in [0.25, 0.3) is 0 Å². The molecule has 9 heteroatoms. The molecule has 0 saturated carbocycles. The van der Waals surface area contributed by atoms with Crippen LogP contribution in [0.3, 0.4) is 0 Å². The zero-order chi connectivity index (χ0) is 14.4. The summed E-state index contributed by atoms with van der Waals surface area (Å²) in [5, 5.41) is 14.2. The highest BCUT2D eigenvalue weighted by molar-refractivity contribution is 5.97. The number of nitro groups is 1. The summed E-state index contributed by atoms with van der Waals surface area (Å²) in [6.07, 6.45) is 1.91. The lowest BCUT2D eigenvalue weighted by Gasteiger charge is -2.13. The summed E-state index contributed by atoms with van der Waals surface area (Å²) in [7, 11) is 0. The minimum atomic E-state index is -1.48. The van der Waals surface area contributed by atoms with Crippen LogP contribution in [0.1, 0.15) is 19.9 Å². The maximum atomic E-state index is 11.7. The van der Waals surface area contributed by atoms with Crippen LogP contribution in [0, 0.1) is 10.1 Å². The second-order valence-electron chi connectivity index (χ2n) is 3.34. The molecule has 0 aliphatic heterocycles. The van der Waals surface area contributed by atoms with Gasteiger partial charge in [0.2, 0.25) is 6.04 Å². The van der Waals surface area contributed by atoms with Crippen molar-refractivity contribution >= 4 is 17.6 Å². The summed E-state index contributed by atoms with van der Waals surface area (Å²) in [6, 6.07) is -1.48. The fraction of sp³-hybridized carbons (Fsp3) is 0.500. The molecule has 1 aromatic heterocycles. The number of ether oxygens (including phenoxy) is 2. The number of nitrogens with zero attached hydrogens (tertiary/aromatic N) is 3. The van der Waals surface area contributed by atoms with Gasteiger partial charge in [-0.1, -0.05) is 0 Å². The van der Waals surface area contributed by atoms with E-state index in [1.165, 1.54) is 0 Å². The van der Waals surface area contributed by atoms with Gasteiger partial charge in [-0.2, -0.15) is 5.10 Å². The minimum Gasteiger partial charge on any atom is -0.464 e. The molecule has 0 aromatic carbocycles. The molecule has 0 amide bonds. The number of carbonyl (C=O) groups is 2. The highest BCUT2D eigenvalue weighted by Gasteiger charge is 2.33. The Balaban J connectivity index is 3.03. The third kappa shape index (κ3) is 3.50. The number of carbonyl (C=O) groups excluding carboxylic acids is 2. The lowest BCUT2D eigenvalue weighted by molar-refractivity contribution is -0.385. The summed E-state index contributed by atoms with van der Waals surface area (Å²) in [4.78, 5) is 33.2. The van der Waals surface area contributed by atoms with E-state index in [1.807, 2.05) is 0 Å². The summed E-state index contributed by atoms with van der Waals surface area (Å²) in [5.74, 6) is -1.75. The van der Waals surface area contributed by atoms with Crippen LogP contribution in [0.2, 0.25) is 0 Å². The van der Waals surface area contributed by atoms with Crippen molar-refractivity contribution in [3.05, 3.63) is 22.5 Å². The Hall–Kier alpha value is -2.45. The molecule has 0 unspecified atom stereocenters. The smallest absolute Gasteiger partial charge is 0.342 e. The van der Waals surface area contributed by atoms with Gasteiger partial charge < -0.3 is 9.47 Å². The zero-order valence-corrected chi connectivity index (χ0v) is 10.4. The number of hydrogen-bond donors (Lipinski definition) is 0.